The molecule has 8 heteroatoms. The van der Waals surface area contributed by atoms with Crippen molar-refractivity contribution in [1.82, 2.24) is 0 Å². The molecule has 0 aromatic heterocycles. The molecule has 0 spiro atoms. The lowest BCUT2D eigenvalue weighted by atomic mass is 10.3. The average molecular weight is 254 g/mol. The van der Waals surface area contributed by atoms with Gasteiger partial charge in [-0.1, -0.05) is 0 Å². The summed E-state index contributed by atoms with van der Waals surface area (Å²) in [6.45, 7) is -0.462. The van der Waals surface area contributed by atoms with Crippen LogP contribution >= 0.6 is 12.4 Å². The third kappa shape index (κ3) is 1.99. The van der Waals surface area contributed by atoms with Crippen molar-refractivity contribution in [1.29, 1.82) is 0 Å². The molecule has 86 valence electrons. The molecule has 0 radical (unpaired) electrons. The second-order valence-electron chi connectivity index (χ2n) is 3.34. The van der Waals surface area contributed by atoms with Gasteiger partial charge in [0.1, 0.15) is 0 Å². The number of sulfone groups is 1. The fourth-order valence-electron chi connectivity index (χ4n) is 1.49. The maximum Gasteiger partial charge on any atom is 0.393 e. The molecule has 1 aliphatic carbocycles. The first-order chi connectivity index (χ1) is 5.65. The number of hydrogen-bond acceptors (Lipinski definition) is 3. The fourth-order valence-corrected chi connectivity index (χ4v) is 2.91. The van der Waals surface area contributed by atoms with Gasteiger partial charge in [-0.2, -0.15) is 13.2 Å². The first-order valence-electron chi connectivity index (χ1n) is 3.61. The Kier molecular flexibility index (Phi) is 3.53. The van der Waals surface area contributed by atoms with E-state index >= 15 is 0 Å². The van der Waals surface area contributed by atoms with Crippen molar-refractivity contribution < 1.29 is 21.6 Å². The van der Waals surface area contributed by atoms with Gasteiger partial charge in [0.25, 0.3) is 0 Å². The summed E-state index contributed by atoms with van der Waals surface area (Å²) in [4.78, 5) is 0. The number of alkyl halides is 3. The molecule has 0 saturated heterocycles. The predicted octanol–water partition coefficient (Wildman–Crippen LogP) is 0.732. The molecule has 0 aromatic carbocycles. The van der Waals surface area contributed by atoms with E-state index in [1.807, 2.05) is 0 Å². The first-order valence-corrected chi connectivity index (χ1v) is 5.51. The minimum Gasteiger partial charge on any atom is -0.329 e. The highest BCUT2D eigenvalue weighted by Crippen LogP contribution is 2.57. The summed E-state index contributed by atoms with van der Waals surface area (Å²) in [5.74, 6) is -1.78. The van der Waals surface area contributed by atoms with Gasteiger partial charge < -0.3 is 5.73 Å². The van der Waals surface area contributed by atoms with Crippen LogP contribution < -0.4 is 5.73 Å². The highest BCUT2D eigenvalue weighted by Gasteiger charge is 2.71. The zero-order chi connectivity index (χ0) is 10.5. The van der Waals surface area contributed by atoms with E-state index in [-0.39, 0.29) is 12.4 Å². The third-order valence-corrected chi connectivity index (χ3v) is 4.60. The van der Waals surface area contributed by atoms with Crippen molar-refractivity contribution in [2.75, 3.05) is 12.8 Å². The molecule has 2 N–H and O–H groups in total. The van der Waals surface area contributed by atoms with Crippen molar-refractivity contribution in [3.05, 3.63) is 0 Å². The fraction of sp³-hybridized carbons (Fsp3) is 1.00. The maximum absolute atomic E-state index is 12.1. The van der Waals surface area contributed by atoms with Crippen LogP contribution in [0.1, 0.15) is 6.42 Å². The number of nitrogens with two attached hydrogens (primary N) is 1. The molecule has 14 heavy (non-hydrogen) atoms. The largest absolute Gasteiger partial charge is 0.393 e. The highest BCUT2D eigenvalue weighted by molar-refractivity contribution is 7.92. The Balaban J connectivity index is 0.00000169. The summed E-state index contributed by atoms with van der Waals surface area (Å²) in [6, 6.07) is 0. The van der Waals surface area contributed by atoms with E-state index in [4.69, 9.17) is 5.73 Å². The summed E-state index contributed by atoms with van der Waals surface area (Å²) < 4.78 is 56.7. The first kappa shape index (κ1) is 14.0. The molecule has 1 aliphatic rings. The van der Waals surface area contributed by atoms with Gasteiger partial charge in [0.15, 0.2) is 9.84 Å². The van der Waals surface area contributed by atoms with Crippen molar-refractivity contribution in [2.45, 2.75) is 17.3 Å². The van der Waals surface area contributed by atoms with Crippen molar-refractivity contribution in [3.63, 3.8) is 0 Å². The summed E-state index contributed by atoms with van der Waals surface area (Å²) in [5, 5.41) is 0. The number of rotatable bonds is 2. The van der Waals surface area contributed by atoms with Gasteiger partial charge in [0.2, 0.25) is 0 Å². The van der Waals surface area contributed by atoms with Crippen LogP contribution in [0.5, 0.6) is 0 Å². The molecular formula is C6H11ClF3NO2S. The predicted molar refractivity (Wildman–Crippen MR) is 48.0 cm³/mol. The molecule has 1 saturated carbocycles. The standard InChI is InChI=1S/C6H10F3NO2S.ClH/c1-13(11,12)5(3-10)2-4(5)6(7,8)9;/h4H,2-3,10H2,1H3;1H/t4-,5+;/m0./s1. The summed E-state index contributed by atoms with van der Waals surface area (Å²) >= 11 is 0. The Morgan fingerprint density at radius 3 is 2.00 bits per heavy atom. The van der Waals surface area contributed by atoms with Crippen LogP contribution in [-0.2, 0) is 9.84 Å². The molecule has 3 nitrogen and oxygen atoms in total. The van der Waals surface area contributed by atoms with E-state index < -0.39 is 39.6 Å². The molecule has 1 rings (SSSR count). The zero-order valence-corrected chi connectivity index (χ0v) is 8.97. The molecule has 2 atom stereocenters. The van der Waals surface area contributed by atoms with Crippen LogP contribution in [0.2, 0.25) is 0 Å². The lowest BCUT2D eigenvalue weighted by molar-refractivity contribution is -0.149. The molecular weight excluding hydrogens is 243 g/mol. The van der Waals surface area contributed by atoms with E-state index in [2.05, 4.69) is 0 Å². The molecule has 0 heterocycles. The van der Waals surface area contributed by atoms with Gasteiger partial charge in [-0.25, -0.2) is 8.42 Å². The van der Waals surface area contributed by atoms with Gasteiger partial charge in [-0.05, 0) is 6.42 Å². The SMILES string of the molecule is CS(=O)(=O)[C@@]1(CN)C[C@@H]1C(F)(F)F.Cl. The van der Waals surface area contributed by atoms with Crippen LogP contribution in [0, 0.1) is 5.92 Å². The zero-order valence-electron chi connectivity index (χ0n) is 7.34. The van der Waals surface area contributed by atoms with Gasteiger partial charge in [-0.15, -0.1) is 12.4 Å². The Morgan fingerprint density at radius 1 is 1.50 bits per heavy atom. The Bertz CT molecular complexity index is 316. The second kappa shape index (κ2) is 3.53. The van der Waals surface area contributed by atoms with Crippen LogP contribution in [0.4, 0.5) is 13.2 Å². The number of halogens is 4. The minimum absolute atomic E-state index is 0. The van der Waals surface area contributed by atoms with Crippen molar-refractivity contribution >= 4 is 22.2 Å². The second-order valence-corrected chi connectivity index (χ2v) is 5.70. The number of hydrogen-bond donors (Lipinski definition) is 1. The molecule has 0 aliphatic heterocycles. The molecule has 0 unspecified atom stereocenters. The minimum atomic E-state index is -4.46. The van der Waals surface area contributed by atoms with Crippen LogP contribution in [0.3, 0.4) is 0 Å². The molecule has 1 fully saturated rings. The van der Waals surface area contributed by atoms with Crippen molar-refractivity contribution in [3.8, 4) is 0 Å². The smallest absolute Gasteiger partial charge is 0.329 e. The van der Waals surface area contributed by atoms with E-state index in [1.165, 1.54) is 0 Å². The van der Waals surface area contributed by atoms with E-state index in [9.17, 15) is 21.6 Å². The lowest BCUT2D eigenvalue weighted by Crippen LogP contribution is -2.36. The van der Waals surface area contributed by atoms with E-state index in [0.717, 1.165) is 6.26 Å². The topological polar surface area (TPSA) is 60.2 Å². The van der Waals surface area contributed by atoms with E-state index in [0.29, 0.717) is 0 Å². The van der Waals surface area contributed by atoms with Crippen molar-refractivity contribution in [2.24, 2.45) is 11.7 Å². The lowest BCUT2D eigenvalue weighted by Gasteiger charge is -2.14. The van der Waals surface area contributed by atoms with Crippen LogP contribution in [0.15, 0.2) is 0 Å². The maximum atomic E-state index is 12.1. The van der Waals surface area contributed by atoms with Crippen LogP contribution in [0.25, 0.3) is 0 Å². The van der Waals surface area contributed by atoms with Gasteiger partial charge in [0, 0.05) is 12.8 Å². The Labute approximate surface area is 86.2 Å². The summed E-state index contributed by atoms with van der Waals surface area (Å²) in [6.07, 6.45) is -4.06. The quantitative estimate of drug-likeness (QED) is 0.789. The van der Waals surface area contributed by atoms with Gasteiger partial charge >= 0.3 is 6.18 Å². The van der Waals surface area contributed by atoms with Gasteiger partial charge in [-0.3, -0.25) is 0 Å². The van der Waals surface area contributed by atoms with Crippen LogP contribution in [-0.4, -0.2) is 32.1 Å². The Morgan fingerprint density at radius 2 is 1.93 bits per heavy atom. The third-order valence-electron chi connectivity index (χ3n) is 2.50. The normalized spacial score (nSPS) is 32.2. The Hall–Kier alpha value is -0.0100. The molecule has 0 bridgehead atoms. The average Bonchev–Trinajstić information content (AvgIpc) is 2.57. The molecule has 0 amide bonds. The summed E-state index contributed by atoms with van der Waals surface area (Å²) in [7, 11) is -3.72. The van der Waals surface area contributed by atoms with E-state index in [1.54, 1.807) is 0 Å². The highest BCUT2D eigenvalue weighted by atomic mass is 35.5. The van der Waals surface area contributed by atoms with Gasteiger partial charge in [0.05, 0.1) is 10.7 Å². The molecule has 0 aromatic rings. The monoisotopic (exact) mass is 253 g/mol. The summed E-state index contributed by atoms with van der Waals surface area (Å²) in [5.41, 5.74) is 5.06.